The van der Waals surface area contributed by atoms with E-state index in [2.05, 4.69) is 9.55 Å². The molecule has 0 bridgehead atoms. The van der Waals surface area contributed by atoms with Gasteiger partial charge in [0, 0.05) is 49.9 Å². The maximum absolute atomic E-state index is 12.3. The number of amides is 1. The lowest BCUT2D eigenvalue weighted by atomic mass is 9.95. The van der Waals surface area contributed by atoms with Gasteiger partial charge in [-0.2, -0.15) is 0 Å². The van der Waals surface area contributed by atoms with E-state index in [1.807, 2.05) is 17.4 Å². The Hall–Kier alpha value is -1.36. The van der Waals surface area contributed by atoms with Crippen LogP contribution in [0.25, 0.3) is 0 Å². The van der Waals surface area contributed by atoms with Crippen molar-refractivity contribution in [1.82, 2.24) is 14.5 Å². The van der Waals surface area contributed by atoms with E-state index in [-0.39, 0.29) is 17.9 Å². The molecule has 17 heavy (non-hydrogen) atoms. The fourth-order valence-electron chi connectivity index (χ4n) is 2.83. The number of carbonyl (C=O) groups is 1. The highest BCUT2D eigenvalue weighted by atomic mass is 16.2. The van der Waals surface area contributed by atoms with Gasteiger partial charge in [0.25, 0.3) is 0 Å². The molecule has 0 radical (unpaired) electrons. The Labute approximate surface area is 101 Å². The third kappa shape index (κ3) is 1.95. The molecule has 2 aliphatic rings. The van der Waals surface area contributed by atoms with Crippen molar-refractivity contribution in [3.8, 4) is 0 Å². The Bertz CT molecular complexity index is 428. The summed E-state index contributed by atoms with van der Waals surface area (Å²) in [5, 5.41) is 0. The molecular weight excluding hydrogens is 216 g/mol. The molecule has 2 unspecified atom stereocenters. The molecule has 3 heterocycles. The number of fused-ring (bicyclic) bond motifs is 1. The van der Waals surface area contributed by atoms with Gasteiger partial charge in [0.1, 0.15) is 0 Å². The number of aromatic nitrogens is 2. The SMILES string of the molecule is NC1CCN(C(=O)C2CCn3cncc3C2)C1. The van der Waals surface area contributed by atoms with E-state index in [1.165, 1.54) is 5.69 Å². The molecule has 0 saturated carbocycles. The summed E-state index contributed by atoms with van der Waals surface area (Å²) in [6.07, 6.45) is 6.41. The summed E-state index contributed by atoms with van der Waals surface area (Å²) in [6.45, 7) is 2.47. The first kappa shape index (κ1) is 10.8. The van der Waals surface area contributed by atoms with Gasteiger partial charge in [0.15, 0.2) is 0 Å². The Morgan fingerprint density at radius 2 is 2.29 bits per heavy atom. The van der Waals surface area contributed by atoms with E-state index in [4.69, 9.17) is 5.73 Å². The van der Waals surface area contributed by atoms with Crippen LogP contribution in [0.3, 0.4) is 0 Å². The van der Waals surface area contributed by atoms with Crippen LogP contribution in [0, 0.1) is 5.92 Å². The van der Waals surface area contributed by atoms with Crippen LogP contribution in [0.5, 0.6) is 0 Å². The molecule has 92 valence electrons. The second kappa shape index (κ2) is 4.14. The van der Waals surface area contributed by atoms with E-state index in [0.717, 1.165) is 38.9 Å². The Kier molecular flexibility index (Phi) is 2.63. The highest BCUT2D eigenvalue weighted by Gasteiger charge is 2.31. The number of nitrogens with two attached hydrogens (primary N) is 1. The molecule has 5 nitrogen and oxygen atoms in total. The van der Waals surface area contributed by atoms with Crippen LogP contribution in [0.15, 0.2) is 12.5 Å². The quantitative estimate of drug-likeness (QED) is 0.744. The van der Waals surface area contributed by atoms with Crippen molar-refractivity contribution in [3.05, 3.63) is 18.2 Å². The Balaban J connectivity index is 1.68. The van der Waals surface area contributed by atoms with Crippen molar-refractivity contribution >= 4 is 5.91 Å². The van der Waals surface area contributed by atoms with Crippen molar-refractivity contribution in [3.63, 3.8) is 0 Å². The number of hydrogen-bond donors (Lipinski definition) is 1. The van der Waals surface area contributed by atoms with Crippen LogP contribution in [-0.2, 0) is 17.8 Å². The van der Waals surface area contributed by atoms with Crippen molar-refractivity contribution in [2.75, 3.05) is 13.1 Å². The number of aryl methyl sites for hydroxylation is 1. The molecule has 0 aliphatic carbocycles. The van der Waals surface area contributed by atoms with Gasteiger partial charge < -0.3 is 15.2 Å². The monoisotopic (exact) mass is 234 g/mol. The molecule has 1 aromatic rings. The molecule has 2 N–H and O–H groups in total. The predicted octanol–water partition coefficient (Wildman–Crippen LogP) is 0.00510. The van der Waals surface area contributed by atoms with E-state index in [0.29, 0.717) is 0 Å². The maximum atomic E-state index is 12.3. The summed E-state index contributed by atoms with van der Waals surface area (Å²) >= 11 is 0. The van der Waals surface area contributed by atoms with Crippen LogP contribution in [0.1, 0.15) is 18.5 Å². The summed E-state index contributed by atoms with van der Waals surface area (Å²) in [6, 6.07) is 0.174. The van der Waals surface area contributed by atoms with Crippen LogP contribution >= 0.6 is 0 Å². The van der Waals surface area contributed by atoms with Gasteiger partial charge in [-0.3, -0.25) is 4.79 Å². The number of imidazole rings is 1. The summed E-state index contributed by atoms with van der Waals surface area (Å²) in [5.41, 5.74) is 7.02. The lowest BCUT2D eigenvalue weighted by Crippen LogP contribution is -2.39. The molecule has 2 aliphatic heterocycles. The number of rotatable bonds is 1. The molecule has 1 aromatic heterocycles. The maximum Gasteiger partial charge on any atom is 0.226 e. The predicted molar refractivity (Wildman–Crippen MR) is 63.2 cm³/mol. The molecule has 1 saturated heterocycles. The highest BCUT2D eigenvalue weighted by molar-refractivity contribution is 5.79. The molecule has 2 atom stereocenters. The molecule has 0 spiro atoms. The number of likely N-dealkylation sites (tertiary alicyclic amines) is 1. The van der Waals surface area contributed by atoms with E-state index >= 15 is 0 Å². The van der Waals surface area contributed by atoms with Crippen molar-refractivity contribution < 1.29 is 4.79 Å². The zero-order valence-corrected chi connectivity index (χ0v) is 9.88. The van der Waals surface area contributed by atoms with Crippen LogP contribution in [-0.4, -0.2) is 39.5 Å². The Morgan fingerprint density at radius 1 is 1.41 bits per heavy atom. The van der Waals surface area contributed by atoms with Gasteiger partial charge in [-0.1, -0.05) is 0 Å². The minimum atomic E-state index is 0.129. The minimum Gasteiger partial charge on any atom is -0.341 e. The third-order valence-corrected chi connectivity index (χ3v) is 3.86. The van der Waals surface area contributed by atoms with Crippen molar-refractivity contribution in [1.29, 1.82) is 0 Å². The van der Waals surface area contributed by atoms with E-state index < -0.39 is 0 Å². The number of nitrogens with zero attached hydrogens (tertiary/aromatic N) is 3. The van der Waals surface area contributed by atoms with Gasteiger partial charge in [-0.05, 0) is 12.8 Å². The summed E-state index contributed by atoms with van der Waals surface area (Å²) in [4.78, 5) is 18.4. The normalized spacial score (nSPS) is 28.2. The summed E-state index contributed by atoms with van der Waals surface area (Å²) in [5.74, 6) is 0.412. The zero-order valence-electron chi connectivity index (χ0n) is 9.88. The number of hydrogen-bond acceptors (Lipinski definition) is 3. The van der Waals surface area contributed by atoms with Gasteiger partial charge in [0.2, 0.25) is 5.91 Å². The fourth-order valence-corrected chi connectivity index (χ4v) is 2.83. The standard InChI is InChI=1S/C12H18N4O/c13-10-2-4-15(7-10)12(17)9-1-3-16-8-14-6-11(16)5-9/h6,8-10H,1-5,7,13H2. The van der Waals surface area contributed by atoms with Gasteiger partial charge in [0.05, 0.1) is 6.33 Å². The van der Waals surface area contributed by atoms with Gasteiger partial charge >= 0.3 is 0 Å². The molecule has 1 amide bonds. The first-order chi connectivity index (χ1) is 8.24. The highest BCUT2D eigenvalue weighted by Crippen LogP contribution is 2.23. The topological polar surface area (TPSA) is 64.2 Å². The van der Waals surface area contributed by atoms with E-state index in [9.17, 15) is 4.79 Å². The number of carbonyl (C=O) groups excluding carboxylic acids is 1. The zero-order chi connectivity index (χ0) is 11.8. The summed E-state index contributed by atoms with van der Waals surface area (Å²) in [7, 11) is 0. The van der Waals surface area contributed by atoms with Gasteiger partial charge in [-0.15, -0.1) is 0 Å². The molecule has 0 aromatic carbocycles. The molecule has 1 fully saturated rings. The Morgan fingerprint density at radius 3 is 3.06 bits per heavy atom. The van der Waals surface area contributed by atoms with Gasteiger partial charge in [-0.25, -0.2) is 4.98 Å². The second-order valence-corrected chi connectivity index (χ2v) is 5.10. The largest absolute Gasteiger partial charge is 0.341 e. The second-order valence-electron chi connectivity index (χ2n) is 5.10. The van der Waals surface area contributed by atoms with Crippen LogP contribution in [0.4, 0.5) is 0 Å². The molecule has 3 rings (SSSR count). The first-order valence-corrected chi connectivity index (χ1v) is 6.27. The smallest absolute Gasteiger partial charge is 0.226 e. The lowest BCUT2D eigenvalue weighted by molar-refractivity contribution is -0.135. The van der Waals surface area contributed by atoms with Crippen molar-refractivity contribution in [2.45, 2.75) is 31.8 Å². The van der Waals surface area contributed by atoms with E-state index in [1.54, 1.807) is 0 Å². The lowest BCUT2D eigenvalue weighted by Gasteiger charge is -2.27. The molecule has 5 heteroatoms. The van der Waals surface area contributed by atoms with Crippen LogP contribution < -0.4 is 5.73 Å². The first-order valence-electron chi connectivity index (χ1n) is 6.27. The van der Waals surface area contributed by atoms with Crippen molar-refractivity contribution in [2.24, 2.45) is 11.7 Å². The third-order valence-electron chi connectivity index (χ3n) is 3.86. The average Bonchev–Trinajstić information content (AvgIpc) is 2.95. The fraction of sp³-hybridized carbons (Fsp3) is 0.667. The summed E-state index contributed by atoms with van der Waals surface area (Å²) < 4.78 is 2.14. The van der Waals surface area contributed by atoms with Crippen LogP contribution in [0.2, 0.25) is 0 Å². The molecular formula is C12H18N4O. The average molecular weight is 234 g/mol. The minimum absolute atomic E-state index is 0.129.